The van der Waals surface area contributed by atoms with Crippen LogP contribution >= 0.6 is 0 Å². The molecule has 0 saturated heterocycles. The Morgan fingerprint density at radius 1 is 0.719 bits per heavy atom. The van der Waals surface area contributed by atoms with Crippen LogP contribution in [-0.4, -0.2) is 72.4 Å². The van der Waals surface area contributed by atoms with Crippen molar-refractivity contribution in [3.63, 3.8) is 0 Å². The van der Waals surface area contributed by atoms with Crippen molar-refractivity contribution < 1.29 is 32.0 Å². The number of carbonyl (C=O) groups is 2. The molecule has 0 aromatic rings. The average molecular weight is 489 g/mol. The van der Waals surface area contributed by atoms with Gasteiger partial charge in [0.1, 0.15) is 0 Å². The molecule has 0 aliphatic rings. The summed E-state index contributed by atoms with van der Waals surface area (Å²) >= 11 is 0. The Morgan fingerprint density at radius 3 is 1.50 bits per heavy atom. The molecule has 0 amide bonds. The van der Waals surface area contributed by atoms with Gasteiger partial charge in [0.2, 0.25) is 4.75 Å². The van der Waals surface area contributed by atoms with Crippen LogP contribution in [-0.2, 0) is 29.2 Å². The molecular formula is C23H45NaO7S. The summed E-state index contributed by atoms with van der Waals surface area (Å²) < 4.78 is 41.0. The van der Waals surface area contributed by atoms with E-state index in [1.165, 1.54) is 38.5 Å². The summed E-state index contributed by atoms with van der Waals surface area (Å²) in [6.45, 7) is 5.54. The molecule has 1 unspecified atom stereocenters. The second-order valence-electron chi connectivity index (χ2n) is 8.48. The fraction of sp³-hybridized carbons (Fsp3) is 0.913. The van der Waals surface area contributed by atoms with Crippen LogP contribution in [0, 0.1) is 0 Å². The summed E-state index contributed by atoms with van der Waals surface area (Å²) in [5, 5.41) is 0. The van der Waals surface area contributed by atoms with Crippen LogP contribution in [0.25, 0.3) is 0 Å². The Bertz CT molecular complexity index is 595. The second kappa shape index (κ2) is 20.2. The third-order valence-electron chi connectivity index (χ3n) is 5.47. The van der Waals surface area contributed by atoms with Crippen molar-refractivity contribution in [2.75, 3.05) is 13.2 Å². The molecule has 0 spiro atoms. The summed E-state index contributed by atoms with van der Waals surface area (Å²) in [6, 6.07) is 0. The van der Waals surface area contributed by atoms with E-state index in [2.05, 4.69) is 13.8 Å². The van der Waals surface area contributed by atoms with Crippen LogP contribution in [0.2, 0.25) is 0 Å². The van der Waals surface area contributed by atoms with Gasteiger partial charge in [-0.2, -0.15) is 8.42 Å². The van der Waals surface area contributed by atoms with Crippen molar-refractivity contribution in [3.8, 4) is 0 Å². The van der Waals surface area contributed by atoms with E-state index in [1.807, 2.05) is 0 Å². The van der Waals surface area contributed by atoms with Crippen molar-refractivity contribution in [1.82, 2.24) is 0 Å². The summed E-state index contributed by atoms with van der Waals surface area (Å²) in [5.74, 6) is -1.95. The number of ether oxygens (including phenoxy) is 2. The Morgan fingerprint density at radius 2 is 1.09 bits per heavy atom. The molecule has 0 saturated carbocycles. The minimum atomic E-state index is -4.84. The van der Waals surface area contributed by atoms with Crippen LogP contribution in [0.5, 0.6) is 0 Å². The van der Waals surface area contributed by atoms with Crippen LogP contribution < -0.4 is 0 Å². The van der Waals surface area contributed by atoms with Gasteiger partial charge in [-0.05, 0) is 19.8 Å². The van der Waals surface area contributed by atoms with Crippen LogP contribution in [0.1, 0.15) is 117 Å². The van der Waals surface area contributed by atoms with Gasteiger partial charge in [-0.25, -0.2) is 0 Å². The fourth-order valence-electron chi connectivity index (χ4n) is 3.22. The molecule has 0 aromatic carbocycles. The van der Waals surface area contributed by atoms with Gasteiger partial charge in [0.15, 0.2) is 0 Å². The van der Waals surface area contributed by atoms with Crippen LogP contribution in [0.3, 0.4) is 0 Å². The number of esters is 2. The van der Waals surface area contributed by atoms with E-state index >= 15 is 0 Å². The Balaban J connectivity index is 0. The van der Waals surface area contributed by atoms with E-state index in [0.29, 0.717) is 12.8 Å². The predicted molar refractivity (Wildman–Crippen MR) is 130 cm³/mol. The third-order valence-corrected chi connectivity index (χ3v) is 6.92. The average Bonchev–Trinajstić information content (AvgIpc) is 2.70. The topological polar surface area (TPSA) is 107 Å². The van der Waals surface area contributed by atoms with Gasteiger partial charge < -0.3 is 9.47 Å². The van der Waals surface area contributed by atoms with Crippen molar-refractivity contribution in [2.24, 2.45) is 0 Å². The van der Waals surface area contributed by atoms with E-state index in [9.17, 15) is 22.6 Å². The number of hydrogen-bond donors (Lipinski definition) is 1. The zero-order valence-electron chi connectivity index (χ0n) is 19.8. The SMILES string of the molecule is CCCCCCCCCOC(=O)CC(C)(C(=O)OCCCCCCCCC)S(=O)(=O)O.[NaH]. The second-order valence-corrected chi connectivity index (χ2v) is 10.3. The normalized spacial score (nSPS) is 13.1. The van der Waals surface area contributed by atoms with E-state index < -0.39 is 33.2 Å². The molecule has 7 nitrogen and oxygen atoms in total. The monoisotopic (exact) mass is 488 g/mol. The van der Waals surface area contributed by atoms with E-state index in [1.54, 1.807) is 0 Å². The first-order valence-corrected chi connectivity index (χ1v) is 13.4. The van der Waals surface area contributed by atoms with Crippen molar-refractivity contribution in [2.45, 2.75) is 122 Å². The molecule has 0 rings (SSSR count). The molecule has 0 radical (unpaired) electrons. The zero-order chi connectivity index (χ0) is 23.6. The first kappa shape index (κ1) is 34.0. The molecule has 32 heavy (non-hydrogen) atoms. The van der Waals surface area contributed by atoms with Crippen LogP contribution in [0.4, 0.5) is 0 Å². The van der Waals surface area contributed by atoms with Crippen molar-refractivity contribution >= 4 is 51.6 Å². The zero-order valence-corrected chi connectivity index (χ0v) is 20.6. The van der Waals surface area contributed by atoms with Gasteiger partial charge in [0.25, 0.3) is 10.1 Å². The standard InChI is InChI=1S/C23H44O7S.Na.H/c1-4-6-8-10-12-14-16-18-29-21(24)20-23(3,31(26,27)28)22(25)30-19-17-15-13-11-9-7-5-2;;/h4-20H2,1-3H3,(H,26,27,28);;. The van der Waals surface area contributed by atoms with Gasteiger partial charge in [-0.3, -0.25) is 14.1 Å². The Kier molecular flexibility index (Phi) is 21.5. The van der Waals surface area contributed by atoms with Gasteiger partial charge >= 0.3 is 41.5 Å². The van der Waals surface area contributed by atoms with Gasteiger partial charge in [-0.1, -0.05) is 90.9 Å². The molecular weight excluding hydrogens is 443 g/mol. The van der Waals surface area contributed by atoms with Gasteiger partial charge in [-0.15, -0.1) is 0 Å². The molecule has 1 atom stereocenters. The van der Waals surface area contributed by atoms with Gasteiger partial charge in [0, 0.05) is 0 Å². The summed E-state index contributed by atoms with van der Waals surface area (Å²) in [6.07, 6.45) is 13.8. The fourth-order valence-corrected chi connectivity index (χ4v) is 3.79. The maximum absolute atomic E-state index is 12.4. The van der Waals surface area contributed by atoms with E-state index in [4.69, 9.17) is 9.47 Å². The molecule has 0 heterocycles. The molecule has 0 aliphatic carbocycles. The molecule has 1 N–H and O–H groups in total. The predicted octanol–water partition coefficient (Wildman–Crippen LogP) is 4.96. The Hall–Kier alpha value is -0.150. The quantitative estimate of drug-likeness (QED) is 0.112. The van der Waals surface area contributed by atoms with E-state index in [0.717, 1.165) is 45.4 Å². The molecule has 0 aliphatic heterocycles. The van der Waals surface area contributed by atoms with E-state index in [-0.39, 0.29) is 42.8 Å². The van der Waals surface area contributed by atoms with Crippen molar-refractivity contribution in [3.05, 3.63) is 0 Å². The summed E-state index contributed by atoms with van der Waals surface area (Å²) in [4.78, 5) is 24.4. The maximum atomic E-state index is 12.4. The Labute approximate surface area is 217 Å². The number of rotatable bonds is 20. The molecule has 9 heteroatoms. The van der Waals surface area contributed by atoms with Crippen molar-refractivity contribution in [1.29, 1.82) is 0 Å². The molecule has 0 bridgehead atoms. The molecule has 186 valence electrons. The molecule has 0 aromatic heterocycles. The minimum absolute atomic E-state index is 0. The summed E-state index contributed by atoms with van der Waals surface area (Å²) in [5.41, 5.74) is 0. The van der Waals surface area contributed by atoms with Crippen LogP contribution in [0.15, 0.2) is 0 Å². The molecule has 0 fully saturated rings. The first-order valence-electron chi connectivity index (χ1n) is 12.0. The number of unbranched alkanes of at least 4 members (excludes halogenated alkanes) is 12. The summed E-state index contributed by atoms with van der Waals surface area (Å²) in [7, 11) is -4.84. The van der Waals surface area contributed by atoms with Gasteiger partial charge in [0.05, 0.1) is 19.6 Å². The third kappa shape index (κ3) is 15.6. The number of hydrogen-bond acceptors (Lipinski definition) is 6. The first-order chi connectivity index (χ1) is 14.7. The number of carbonyl (C=O) groups excluding carboxylic acids is 2.